The molecule has 2 aliphatic heterocycles. The number of hydrogen-bond donors (Lipinski definition) is 0. The first kappa shape index (κ1) is 38.1. The average molecular weight is 567 g/mol. The van der Waals surface area contributed by atoms with Gasteiger partial charge in [0.2, 0.25) is 0 Å². The fraction of sp³-hybridized carbons (Fsp3) is 0.636. The number of hydrogen-bond acceptors (Lipinski definition) is 7. The first-order chi connectivity index (χ1) is 19.6. The highest BCUT2D eigenvalue weighted by Gasteiger charge is 2.19. The van der Waals surface area contributed by atoms with Gasteiger partial charge in [-0.1, -0.05) is 32.9 Å². The Morgan fingerprint density at radius 3 is 2.24 bits per heavy atom. The van der Waals surface area contributed by atoms with Crippen molar-refractivity contribution in [1.29, 1.82) is 0 Å². The molecule has 1 saturated heterocycles. The molecule has 0 N–H and O–H groups in total. The van der Waals surface area contributed by atoms with E-state index in [1.165, 1.54) is 5.71 Å². The van der Waals surface area contributed by atoms with Crippen LogP contribution in [0.1, 0.15) is 71.0 Å². The minimum absolute atomic E-state index is 0.230. The molecule has 0 saturated carbocycles. The summed E-state index contributed by atoms with van der Waals surface area (Å²) in [6.45, 7) is 20.9. The minimum atomic E-state index is 0.230. The van der Waals surface area contributed by atoms with Crippen molar-refractivity contribution >= 4 is 23.4 Å². The van der Waals surface area contributed by atoms with E-state index in [4.69, 9.17) is 4.99 Å². The molecule has 8 heteroatoms. The molecule has 1 fully saturated rings. The molecule has 0 radical (unpaired) electrons. The molecule has 0 aliphatic carbocycles. The normalized spacial score (nSPS) is 17.4. The molecule has 0 aromatic carbocycles. The number of rotatable bonds is 8. The molecule has 230 valence electrons. The van der Waals surface area contributed by atoms with Crippen LogP contribution in [0.25, 0.3) is 6.08 Å². The maximum Gasteiger partial charge on any atom is 0.154 e. The SMILES string of the molecule is C#C.C/C=C/c1nc(C)c(C)c(N(C)CCN(C)C)n1.CC.CCC1=N/C(=N\C(C)N2CCN(C)CC2)C=CCC1. The Morgan fingerprint density at radius 1 is 1.05 bits per heavy atom. The number of anilines is 1. The van der Waals surface area contributed by atoms with Gasteiger partial charge in [-0.2, -0.15) is 0 Å². The van der Waals surface area contributed by atoms with E-state index in [2.05, 4.69) is 109 Å². The van der Waals surface area contributed by atoms with E-state index in [1.54, 1.807) is 0 Å². The average Bonchev–Trinajstić information content (AvgIpc) is 3.21. The molecule has 0 spiro atoms. The van der Waals surface area contributed by atoms with Gasteiger partial charge >= 0.3 is 0 Å². The van der Waals surface area contributed by atoms with Gasteiger partial charge in [0, 0.05) is 63.3 Å². The lowest BCUT2D eigenvalue weighted by atomic mass is 10.2. The first-order valence-electron chi connectivity index (χ1n) is 15.0. The van der Waals surface area contributed by atoms with Crippen LogP contribution in [-0.2, 0) is 0 Å². The molecule has 3 heterocycles. The minimum Gasteiger partial charge on any atom is -0.358 e. The van der Waals surface area contributed by atoms with E-state index < -0.39 is 0 Å². The summed E-state index contributed by atoms with van der Waals surface area (Å²) in [7, 11) is 8.42. The van der Waals surface area contributed by atoms with E-state index >= 15 is 0 Å². The zero-order chi connectivity index (χ0) is 31.4. The highest BCUT2D eigenvalue weighted by molar-refractivity contribution is 6.04. The first-order valence-corrected chi connectivity index (χ1v) is 15.0. The summed E-state index contributed by atoms with van der Waals surface area (Å²) >= 11 is 0. The largest absolute Gasteiger partial charge is 0.358 e. The van der Waals surface area contributed by atoms with Gasteiger partial charge in [0.1, 0.15) is 17.8 Å². The Morgan fingerprint density at radius 2 is 1.68 bits per heavy atom. The van der Waals surface area contributed by atoms with Crippen LogP contribution < -0.4 is 4.90 Å². The van der Waals surface area contributed by atoms with Crippen LogP contribution in [0.15, 0.2) is 28.2 Å². The highest BCUT2D eigenvalue weighted by atomic mass is 15.3. The summed E-state index contributed by atoms with van der Waals surface area (Å²) in [5.74, 6) is 2.71. The third-order valence-corrected chi connectivity index (χ3v) is 6.87. The topological polar surface area (TPSA) is 63.5 Å². The zero-order valence-electron chi connectivity index (χ0n) is 28.0. The van der Waals surface area contributed by atoms with E-state index in [-0.39, 0.29) is 6.17 Å². The molecule has 1 unspecified atom stereocenters. The van der Waals surface area contributed by atoms with Crippen LogP contribution in [0.5, 0.6) is 0 Å². The van der Waals surface area contributed by atoms with Crippen molar-refractivity contribution in [2.75, 3.05) is 72.4 Å². The van der Waals surface area contributed by atoms with Crippen molar-refractivity contribution in [2.45, 2.75) is 73.9 Å². The van der Waals surface area contributed by atoms with Crippen molar-refractivity contribution in [1.82, 2.24) is 24.7 Å². The second kappa shape index (κ2) is 21.8. The molecule has 1 atom stereocenters. The number of nitrogens with zero attached hydrogens (tertiary/aromatic N) is 8. The van der Waals surface area contributed by atoms with Crippen molar-refractivity contribution in [3.05, 3.63) is 35.3 Å². The number of allylic oxidation sites excluding steroid dienone is 2. The van der Waals surface area contributed by atoms with Crippen LogP contribution in [0.3, 0.4) is 0 Å². The quantitative estimate of drug-likeness (QED) is 0.383. The van der Waals surface area contributed by atoms with Crippen molar-refractivity contribution in [3.63, 3.8) is 0 Å². The Balaban J connectivity index is 0.000000697. The van der Waals surface area contributed by atoms with Gasteiger partial charge in [-0.05, 0) is 80.3 Å². The van der Waals surface area contributed by atoms with Crippen molar-refractivity contribution in [3.8, 4) is 12.8 Å². The molecule has 41 heavy (non-hydrogen) atoms. The summed E-state index contributed by atoms with van der Waals surface area (Å²) in [6, 6.07) is 0. The third kappa shape index (κ3) is 14.6. The van der Waals surface area contributed by atoms with Gasteiger partial charge in [0.15, 0.2) is 5.82 Å². The van der Waals surface area contributed by atoms with Crippen LogP contribution in [0, 0.1) is 26.7 Å². The van der Waals surface area contributed by atoms with E-state index in [0.29, 0.717) is 0 Å². The molecule has 0 amide bonds. The second-order valence-corrected chi connectivity index (χ2v) is 10.3. The van der Waals surface area contributed by atoms with Crippen LogP contribution in [-0.4, -0.2) is 110 Å². The summed E-state index contributed by atoms with van der Waals surface area (Å²) < 4.78 is 0. The monoisotopic (exact) mass is 566 g/mol. The van der Waals surface area contributed by atoms with Crippen LogP contribution >= 0.6 is 0 Å². The van der Waals surface area contributed by atoms with Crippen LogP contribution in [0.2, 0.25) is 0 Å². The number of amidine groups is 1. The van der Waals surface area contributed by atoms with E-state index in [0.717, 1.165) is 87.3 Å². The van der Waals surface area contributed by atoms with Crippen molar-refractivity contribution in [2.24, 2.45) is 9.98 Å². The fourth-order valence-electron chi connectivity index (χ4n) is 4.18. The molecule has 2 aliphatic rings. The van der Waals surface area contributed by atoms with E-state index in [1.807, 2.05) is 39.8 Å². The number of terminal acetylenes is 1. The molecule has 1 aromatic heterocycles. The Labute approximate surface area is 252 Å². The molecule has 1 aromatic rings. The highest BCUT2D eigenvalue weighted by Crippen LogP contribution is 2.19. The number of aliphatic imine (C=N–C) groups is 2. The Bertz CT molecular complexity index is 998. The van der Waals surface area contributed by atoms with Crippen molar-refractivity contribution < 1.29 is 0 Å². The number of likely N-dealkylation sites (N-methyl/N-ethyl adjacent to an activating group) is 3. The van der Waals surface area contributed by atoms with Gasteiger partial charge in [0.25, 0.3) is 0 Å². The zero-order valence-corrected chi connectivity index (χ0v) is 28.0. The van der Waals surface area contributed by atoms with E-state index in [9.17, 15) is 0 Å². The Hall–Kier alpha value is -2.86. The maximum atomic E-state index is 4.79. The molecule has 0 bridgehead atoms. The number of aromatic nitrogens is 2. The summed E-state index contributed by atoms with van der Waals surface area (Å²) in [5.41, 5.74) is 3.48. The fourth-order valence-corrected chi connectivity index (χ4v) is 4.18. The van der Waals surface area contributed by atoms with Gasteiger partial charge in [0.05, 0.1) is 0 Å². The third-order valence-electron chi connectivity index (χ3n) is 6.87. The predicted octanol–water partition coefficient (Wildman–Crippen LogP) is 5.58. The van der Waals surface area contributed by atoms with Crippen LogP contribution in [0.4, 0.5) is 5.82 Å². The number of aryl methyl sites for hydroxylation is 1. The lowest BCUT2D eigenvalue weighted by molar-refractivity contribution is 0.122. The molecule has 3 rings (SSSR count). The molecular weight excluding hydrogens is 508 g/mol. The maximum absolute atomic E-state index is 4.79. The smallest absolute Gasteiger partial charge is 0.154 e. The molecule has 8 nitrogen and oxygen atoms in total. The standard InChI is InChI=1S/C15H26N4.C14H24N4.C2H6.C2H2/c1-4-14-7-5-6-8-15(17-14)16-13(2)19-11-9-18(3)10-12-19;1-7-8-13-15-12(3)11(2)14(16-13)18(6)10-9-17(4)5;2*1-2/h6,8,13H,4-5,7,9-12H2,1-3H3;7-8H,9-10H2,1-6H3;1-2H3;1-2H/b16-15-;8-7+;;. The summed E-state index contributed by atoms with van der Waals surface area (Å²) in [5, 5.41) is 0. The Kier molecular flexibility index (Phi) is 20.3. The second-order valence-electron chi connectivity index (χ2n) is 10.3. The van der Waals surface area contributed by atoms with Gasteiger partial charge in [-0.15, -0.1) is 12.8 Å². The summed E-state index contributed by atoms with van der Waals surface area (Å²) in [4.78, 5) is 27.7. The van der Waals surface area contributed by atoms with Gasteiger partial charge in [-0.25, -0.2) is 20.0 Å². The summed E-state index contributed by atoms with van der Waals surface area (Å²) in [6.07, 6.45) is 19.6. The van der Waals surface area contributed by atoms with Gasteiger partial charge < -0.3 is 14.7 Å². The molecular formula is C33H58N8. The van der Waals surface area contributed by atoms with Gasteiger partial charge in [-0.3, -0.25) is 4.90 Å². The predicted molar refractivity (Wildman–Crippen MR) is 181 cm³/mol. The lowest BCUT2D eigenvalue weighted by Crippen LogP contribution is -2.47. The number of piperazine rings is 1. The lowest BCUT2D eigenvalue weighted by Gasteiger charge is -2.34.